The fourth-order valence-corrected chi connectivity index (χ4v) is 2.86. The second-order valence-electron chi connectivity index (χ2n) is 6.23. The molecule has 3 aromatic rings. The van der Waals surface area contributed by atoms with Gasteiger partial charge in [-0.05, 0) is 48.4 Å². The summed E-state index contributed by atoms with van der Waals surface area (Å²) in [7, 11) is 0. The summed E-state index contributed by atoms with van der Waals surface area (Å²) < 4.78 is 16.5. The zero-order chi connectivity index (χ0) is 19.2. The average molecular weight is 376 g/mol. The van der Waals surface area contributed by atoms with Crippen LogP contribution < -0.4 is 24.8 Å². The van der Waals surface area contributed by atoms with Crippen LogP contribution in [-0.2, 0) is 6.42 Å². The van der Waals surface area contributed by atoms with Crippen molar-refractivity contribution in [2.24, 2.45) is 0 Å². The molecule has 2 amide bonds. The van der Waals surface area contributed by atoms with E-state index in [4.69, 9.17) is 14.2 Å². The number of ether oxygens (including phenoxy) is 3. The first-order valence-corrected chi connectivity index (χ1v) is 9.03. The fraction of sp³-hybridized carbons (Fsp3) is 0.136. The Morgan fingerprint density at radius 3 is 2.61 bits per heavy atom. The highest BCUT2D eigenvalue weighted by atomic mass is 16.7. The van der Waals surface area contributed by atoms with E-state index in [9.17, 15) is 4.79 Å². The molecule has 0 fully saturated rings. The van der Waals surface area contributed by atoms with Gasteiger partial charge in [0.25, 0.3) is 0 Å². The number of carbonyl (C=O) groups excluding carboxylic acids is 1. The van der Waals surface area contributed by atoms with Gasteiger partial charge in [0.1, 0.15) is 5.75 Å². The van der Waals surface area contributed by atoms with Gasteiger partial charge in [-0.3, -0.25) is 0 Å². The summed E-state index contributed by atoms with van der Waals surface area (Å²) in [5.74, 6) is 2.79. The number of rotatable bonds is 6. The van der Waals surface area contributed by atoms with Crippen LogP contribution in [0.25, 0.3) is 0 Å². The van der Waals surface area contributed by atoms with Gasteiger partial charge in [-0.15, -0.1) is 0 Å². The number of fused-ring (bicyclic) bond motifs is 1. The van der Waals surface area contributed by atoms with E-state index in [1.807, 2.05) is 66.7 Å². The fourth-order valence-electron chi connectivity index (χ4n) is 2.86. The molecule has 0 aliphatic carbocycles. The Kier molecular flexibility index (Phi) is 5.29. The first-order valence-electron chi connectivity index (χ1n) is 9.03. The number of amides is 2. The molecule has 0 aromatic heterocycles. The Bertz CT molecular complexity index is 960. The summed E-state index contributed by atoms with van der Waals surface area (Å²) in [4.78, 5) is 12.3. The van der Waals surface area contributed by atoms with Gasteiger partial charge in [-0.25, -0.2) is 4.79 Å². The third kappa shape index (κ3) is 4.35. The van der Waals surface area contributed by atoms with Gasteiger partial charge in [-0.1, -0.05) is 36.4 Å². The summed E-state index contributed by atoms with van der Waals surface area (Å²) >= 11 is 0. The van der Waals surface area contributed by atoms with Crippen molar-refractivity contribution in [2.45, 2.75) is 6.42 Å². The maximum Gasteiger partial charge on any atom is 0.319 e. The molecule has 28 heavy (non-hydrogen) atoms. The summed E-state index contributed by atoms with van der Waals surface area (Å²) in [5, 5.41) is 5.70. The van der Waals surface area contributed by atoms with E-state index in [0.29, 0.717) is 30.2 Å². The zero-order valence-corrected chi connectivity index (χ0v) is 15.2. The van der Waals surface area contributed by atoms with Crippen LogP contribution in [0.15, 0.2) is 72.8 Å². The first-order chi connectivity index (χ1) is 13.8. The predicted octanol–water partition coefficient (Wildman–Crippen LogP) is 4.57. The van der Waals surface area contributed by atoms with Gasteiger partial charge >= 0.3 is 6.03 Å². The van der Waals surface area contributed by atoms with Gasteiger partial charge in [0.15, 0.2) is 17.2 Å². The minimum absolute atomic E-state index is 0.254. The van der Waals surface area contributed by atoms with Crippen molar-refractivity contribution in [3.05, 3.63) is 78.4 Å². The molecular formula is C22H20N2O4. The van der Waals surface area contributed by atoms with E-state index in [0.717, 1.165) is 17.1 Å². The van der Waals surface area contributed by atoms with E-state index in [1.165, 1.54) is 0 Å². The highest BCUT2D eigenvalue weighted by molar-refractivity contribution is 5.90. The Morgan fingerprint density at radius 2 is 1.71 bits per heavy atom. The van der Waals surface area contributed by atoms with Crippen LogP contribution in [0.5, 0.6) is 23.0 Å². The molecule has 1 heterocycles. The maximum absolute atomic E-state index is 12.3. The van der Waals surface area contributed by atoms with Gasteiger partial charge in [-0.2, -0.15) is 0 Å². The highest BCUT2D eigenvalue weighted by Crippen LogP contribution is 2.32. The maximum atomic E-state index is 12.3. The second-order valence-corrected chi connectivity index (χ2v) is 6.23. The van der Waals surface area contributed by atoms with E-state index in [-0.39, 0.29) is 12.8 Å². The summed E-state index contributed by atoms with van der Waals surface area (Å²) in [5.41, 5.74) is 1.67. The Hall–Kier alpha value is -3.67. The molecule has 1 aliphatic rings. The minimum Gasteiger partial charge on any atom is -0.455 e. The van der Waals surface area contributed by atoms with E-state index in [1.54, 1.807) is 6.07 Å². The molecule has 0 bridgehead atoms. The smallest absolute Gasteiger partial charge is 0.319 e. The van der Waals surface area contributed by atoms with Crippen molar-refractivity contribution < 1.29 is 19.0 Å². The number of anilines is 1. The molecule has 6 heteroatoms. The van der Waals surface area contributed by atoms with Gasteiger partial charge in [0, 0.05) is 6.54 Å². The molecule has 6 nitrogen and oxygen atoms in total. The number of benzene rings is 3. The molecule has 3 aromatic carbocycles. The first kappa shape index (κ1) is 17.7. The normalized spacial score (nSPS) is 11.7. The molecule has 0 unspecified atom stereocenters. The molecule has 0 atom stereocenters. The lowest BCUT2D eigenvalue weighted by molar-refractivity contribution is 0.174. The van der Waals surface area contributed by atoms with Gasteiger partial charge in [0.05, 0.1) is 5.69 Å². The van der Waals surface area contributed by atoms with Crippen molar-refractivity contribution in [2.75, 3.05) is 18.7 Å². The van der Waals surface area contributed by atoms with Crippen molar-refractivity contribution >= 4 is 11.7 Å². The third-order valence-electron chi connectivity index (χ3n) is 4.24. The lowest BCUT2D eigenvalue weighted by Gasteiger charge is -2.13. The van der Waals surface area contributed by atoms with E-state index >= 15 is 0 Å². The Balaban J connectivity index is 1.31. The molecule has 142 valence electrons. The lowest BCUT2D eigenvalue weighted by atomic mass is 10.1. The molecule has 4 rings (SSSR count). The van der Waals surface area contributed by atoms with Crippen LogP contribution in [0.3, 0.4) is 0 Å². The van der Waals surface area contributed by atoms with Crippen LogP contribution in [0.4, 0.5) is 10.5 Å². The van der Waals surface area contributed by atoms with Crippen molar-refractivity contribution in [1.29, 1.82) is 0 Å². The summed E-state index contributed by atoms with van der Waals surface area (Å²) in [6, 6.07) is 22.3. The van der Waals surface area contributed by atoms with E-state index in [2.05, 4.69) is 10.6 Å². The standard InChI is InChI=1S/C22H20N2O4/c25-22(23-13-12-16-10-11-20-21(14-16)27-15-26-20)24-18-8-4-5-9-19(18)28-17-6-2-1-3-7-17/h1-11,14H,12-13,15H2,(H2,23,24,25). The third-order valence-corrected chi connectivity index (χ3v) is 4.24. The Labute approximate surface area is 163 Å². The van der Waals surface area contributed by atoms with Crippen molar-refractivity contribution in [1.82, 2.24) is 5.32 Å². The second kappa shape index (κ2) is 8.35. The van der Waals surface area contributed by atoms with Crippen LogP contribution in [0.2, 0.25) is 0 Å². The van der Waals surface area contributed by atoms with Crippen LogP contribution in [0, 0.1) is 0 Å². The van der Waals surface area contributed by atoms with Crippen molar-refractivity contribution in [3.8, 4) is 23.0 Å². The Morgan fingerprint density at radius 1 is 0.929 bits per heavy atom. The topological polar surface area (TPSA) is 68.8 Å². The molecule has 2 N–H and O–H groups in total. The van der Waals surface area contributed by atoms with Gasteiger partial charge in [0.2, 0.25) is 6.79 Å². The number of para-hydroxylation sites is 3. The SMILES string of the molecule is O=C(NCCc1ccc2c(c1)OCO2)Nc1ccccc1Oc1ccccc1. The highest BCUT2D eigenvalue weighted by Gasteiger charge is 2.13. The number of carbonyl (C=O) groups is 1. The quantitative estimate of drug-likeness (QED) is 0.661. The number of nitrogens with one attached hydrogen (secondary N) is 2. The van der Waals surface area contributed by atoms with Crippen LogP contribution in [-0.4, -0.2) is 19.4 Å². The van der Waals surface area contributed by atoms with Crippen LogP contribution in [0.1, 0.15) is 5.56 Å². The van der Waals surface area contributed by atoms with Crippen LogP contribution >= 0.6 is 0 Å². The monoisotopic (exact) mass is 376 g/mol. The van der Waals surface area contributed by atoms with E-state index < -0.39 is 0 Å². The largest absolute Gasteiger partial charge is 0.455 e. The number of hydrogen-bond acceptors (Lipinski definition) is 4. The lowest BCUT2D eigenvalue weighted by Crippen LogP contribution is -2.30. The molecule has 0 radical (unpaired) electrons. The zero-order valence-electron chi connectivity index (χ0n) is 15.2. The van der Waals surface area contributed by atoms with Gasteiger partial charge < -0.3 is 24.8 Å². The molecular weight excluding hydrogens is 356 g/mol. The summed E-state index contributed by atoms with van der Waals surface area (Å²) in [6.07, 6.45) is 0.687. The molecule has 0 saturated carbocycles. The van der Waals surface area contributed by atoms with Crippen molar-refractivity contribution in [3.63, 3.8) is 0 Å². The number of urea groups is 1. The minimum atomic E-state index is -0.287. The molecule has 0 saturated heterocycles. The molecule has 1 aliphatic heterocycles. The number of hydrogen-bond donors (Lipinski definition) is 2. The molecule has 0 spiro atoms. The average Bonchev–Trinajstić information content (AvgIpc) is 3.18. The summed E-state index contributed by atoms with van der Waals surface area (Å²) in [6.45, 7) is 0.747. The predicted molar refractivity (Wildman–Crippen MR) is 106 cm³/mol.